The van der Waals surface area contributed by atoms with Crippen LogP contribution in [0.4, 0.5) is 0 Å². The first-order valence-corrected chi connectivity index (χ1v) is 9.30. The van der Waals surface area contributed by atoms with Gasteiger partial charge in [-0.05, 0) is 20.3 Å². The maximum Gasteiger partial charge on any atom is 0.163 e. The van der Waals surface area contributed by atoms with Crippen molar-refractivity contribution in [2.45, 2.75) is 57.9 Å². The highest BCUT2D eigenvalue weighted by Gasteiger charge is 2.37. The Kier molecular flexibility index (Phi) is 4.00. The van der Waals surface area contributed by atoms with Gasteiger partial charge in [0.1, 0.15) is 6.10 Å². The molecule has 0 saturated carbocycles. The Morgan fingerprint density at radius 1 is 1.50 bits per heavy atom. The SMILES string of the molecule is C=C(CC(O)[C@H]1COC(C)(C)O1)[Si](C)(C)C. The van der Waals surface area contributed by atoms with Gasteiger partial charge in [0, 0.05) is 0 Å². The molecule has 1 fully saturated rings. The topological polar surface area (TPSA) is 38.7 Å². The molecule has 94 valence electrons. The summed E-state index contributed by atoms with van der Waals surface area (Å²) in [4.78, 5) is 0. The van der Waals surface area contributed by atoms with Crippen molar-refractivity contribution in [3.05, 3.63) is 11.8 Å². The Hall–Kier alpha value is -0.163. The standard InChI is InChI=1S/C12H24O3Si/c1-9(16(4,5)6)7-10(13)11-8-14-12(2,3)15-11/h10-11,13H,1,7-8H2,2-6H3/t10?,11-/m1/s1. The molecule has 1 heterocycles. The molecule has 1 unspecified atom stereocenters. The van der Waals surface area contributed by atoms with E-state index in [1.165, 1.54) is 5.20 Å². The number of ether oxygens (including phenoxy) is 2. The summed E-state index contributed by atoms with van der Waals surface area (Å²) in [5, 5.41) is 11.2. The molecule has 1 aliphatic rings. The average Bonchev–Trinajstić information content (AvgIpc) is 2.44. The van der Waals surface area contributed by atoms with Gasteiger partial charge in [0.25, 0.3) is 0 Å². The molecule has 1 rings (SSSR count). The van der Waals surface area contributed by atoms with Crippen LogP contribution < -0.4 is 0 Å². The van der Waals surface area contributed by atoms with E-state index < -0.39 is 20.0 Å². The van der Waals surface area contributed by atoms with E-state index in [1.54, 1.807) is 0 Å². The minimum absolute atomic E-state index is 0.219. The van der Waals surface area contributed by atoms with Crippen LogP contribution in [0.5, 0.6) is 0 Å². The first kappa shape index (κ1) is 13.9. The van der Waals surface area contributed by atoms with Crippen LogP contribution in [0.25, 0.3) is 0 Å². The highest BCUT2D eigenvalue weighted by atomic mass is 28.3. The summed E-state index contributed by atoms with van der Waals surface area (Å²) in [5.41, 5.74) is 0. The molecule has 0 bridgehead atoms. The van der Waals surface area contributed by atoms with Crippen LogP contribution in [0.1, 0.15) is 20.3 Å². The van der Waals surface area contributed by atoms with Gasteiger partial charge < -0.3 is 14.6 Å². The fourth-order valence-electron chi connectivity index (χ4n) is 1.60. The molecule has 1 aliphatic heterocycles. The molecule has 0 aromatic carbocycles. The molecule has 3 nitrogen and oxygen atoms in total. The second kappa shape index (κ2) is 4.60. The number of aliphatic hydroxyl groups is 1. The van der Waals surface area contributed by atoms with Gasteiger partial charge in [0.2, 0.25) is 0 Å². The lowest BCUT2D eigenvalue weighted by Gasteiger charge is -2.25. The maximum atomic E-state index is 10.1. The first-order valence-electron chi connectivity index (χ1n) is 5.80. The van der Waals surface area contributed by atoms with Crippen molar-refractivity contribution < 1.29 is 14.6 Å². The molecule has 0 amide bonds. The summed E-state index contributed by atoms with van der Waals surface area (Å²) in [6.45, 7) is 15.0. The smallest absolute Gasteiger partial charge is 0.163 e. The molecular weight excluding hydrogens is 220 g/mol. The molecule has 0 spiro atoms. The van der Waals surface area contributed by atoms with Crippen molar-refractivity contribution in [1.82, 2.24) is 0 Å². The summed E-state index contributed by atoms with van der Waals surface area (Å²) < 4.78 is 11.1. The molecule has 1 N–H and O–H groups in total. The summed E-state index contributed by atoms with van der Waals surface area (Å²) in [6.07, 6.45) is -0.0936. The fourth-order valence-corrected chi connectivity index (χ4v) is 2.42. The van der Waals surface area contributed by atoms with Gasteiger partial charge in [-0.3, -0.25) is 0 Å². The molecule has 1 saturated heterocycles. The molecule has 0 radical (unpaired) electrons. The summed E-state index contributed by atoms with van der Waals surface area (Å²) in [5.74, 6) is -0.563. The predicted octanol–water partition coefficient (Wildman–Crippen LogP) is 2.32. The Bertz CT molecular complexity index is 268. The van der Waals surface area contributed by atoms with Crippen molar-refractivity contribution in [2.75, 3.05) is 6.61 Å². The monoisotopic (exact) mass is 244 g/mol. The van der Waals surface area contributed by atoms with Gasteiger partial charge in [-0.1, -0.05) is 24.8 Å². The van der Waals surface area contributed by atoms with Gasteiger partial charge >= 0.3 is 0 Å². The van der Waals surface area contributed by atoms with E-state index in [1.807, 2.05) is 13.8 Å². The number of rotatable bonds is 4. The molecule has 0 aliphatic carbocycles. The number of aliphatic hydroxyl groups excluding tert-OH is 1. The van der Waals surface area contributed by atoms with Crippen molar-refractivity contribution in [1.29, 1.82) is 0 Å². The van der Waals surface area contributed by atoms with Gasteiger partial charge in [-0.15, -0.1) is 6.58 Å². The predicted molar refractivity (Wildman–Crippen MR) is 68.0 cm³/mol. The third kappa shape index (κ3) is 3.70. The molecule has 0 aromatic rings. The lowest BCUT2D eigenvalue weighted by atomic mass is 10.1. The number of hydrogen-bond acceptors (Lipinski definition) is 3. The molecule has 16 heavy (non-hydrogen) atoms. The van der Waals surface area contributed by atoms with E-state index in [-0.39, 0.29) is 6.10 Å². The van der Waals surface area contributed by atoms with Crippen molar-refractivity contribution in [2.24, 2.45) is 0 Å². The minimum atomic E-state index is -1.36. The van der Waals surface area contributed by atoms with Crippen LogP contribution in [0.3, 0.4) is 0 Å². The Morgan fingerprint density at radius 3 is 2.44 bits per heavy atom. The zero-order valence-electron chi connectivity index (χ0n) is 11.0. The Labute approximate surface area is 99.5 Å². The summed E-state index contributed by atoms with van der Waals surface area (Å²) >= 11 is 0. The van der Waals surface area contributed by atoms with Gasteiger partial charge in [-0.25, -0.2) is 0 Å². The minimum Gasteiger partial charge on any atom is -0.390 e. The van der Waals surface area contributed by atoms with Crippen LogP contribution in [-0.2, 0) is 9.47 Å². The quantitative estimate of drug-likeness (QED) is 0.771. The van der Waals surface area contributed by atoms with Gasteiger partial charge in [0.05, 0.1) is 20.8 Å². The van der Waals surface area contributed by atoms with Crippen molar-refractivity contribution >= 4 is 8.07 Å². The lowest BCUT2D eigenvalue weighted by Crippen LogP contribution is -2.34. The lowest BCUT2D eigenvalue weighted by molar-refractivity contribution is -0.150. The van der Waals surface area contributed by atoms with Crippen molar-refractivity contribution in [3.63, 3.8) is 0 Å². The average molecular weight is 244 g/mol. The Morgan fingerprint density at radius 2 is 2.06 bits per heavy atom. The second-order valence-corrected chi connectivity index (χ2v) is 11.2. The molecule has 0 aromatic heterocycles. The van der Waals surface area contributed by atoms with E-state index in [9.17, 15) is 5.11 Å². The van der Waals surface area contributed by atoms with E-state index >= 15 is 0 Å². The zero-order chi connectivity index (χ0) is 12.6. The molecular formula is C12H24O3Si. The van der Waals surface area contributed by atoms with Crippen LogP contribution in [0.2, 0.25) is 19.6 Å². The Balaban J connectivity index is 2.48. The van der Waals surface area contributed by atoms with E-state index in [2.05, 4.69) is 26.2 Å². The van der Waals surface area contributed by atoms with Crippen LogP contribution >= 0.6 is 0 Å². The van der Waals surface area contributed by atoms with E-state index in [0.29, 0.717) is 13.0 Å². The maximum absolute atomic E-state index is 10.1. The third-order valence-electron chi connectivity index (χ3n) is 2.98. The normalized spacial score (nSPS) is 26.8. The highest BCUT2D eigenvalue weighted by Crippen LogP contribution is 2.27. The summed E-state index contributed by atoms with van der Waals surface area (Å²) in [7, 11) is -1.36. The molecule has 2 atom stereocenters. The number of hydrogen-bond donors (Lipinski definition) is 1. The highest BCUT2D eigenvalue weighted by molar-refractivity contribution is 6.82. The van der Waals surface area contributed by atoms with Crippen LogP contribution in [-0.4, -0.2) is 37.8 Å². The van der Waals surface area contributed by atoms with E-state index in [4.69, 9.17) is 9.47 Å². The van der Waals surface area contributed by atoms with Crippen LogP contribution in [0.15, 0.2) is 11.8 Å². The van der Waals surface area contributed by atoms with E-state index in [0.717, 1.165) is 0 Å². The zero-order valence-corrected chi connectivity index (χ0v) is 12.0. The van der Waals surface area contributed by atoms with Crippen LogP contribution in [0, 0.1) is 0 Å². The first-order chi connectivity index (χ1) is 7.12. The third-order valence-corrected chi connectivity index (χ3v) is 5.30. The molecule has 4 heteroatoms. The second-order valence-electron chi connectivity index (χ2n) is 5.99. The van der Waals surface area contributed by atoms with Crippen molar-refractivity contribution in [3.8, 4) is 0 Å². The van der Waals surface area contributed by atoms with Gasteiger partial charge in [0.15, 0.2) is 5.79 Å². The largest absolute Gasteiger partial charge is 0.390 e. The van der Waals surface area contributed by atoms with Gasteiger partial charge in [-0.2, -0.15) is 0 Å². The fraction of sp³-hybridized carbons (Fsp3) is 0.833. The summed E-state index contributed by atoms with van der Waals surface area (Å²) in [6, 6.07) is 0.